The maximum atomic E-state index is 11.4. The van der Waals surface area contributed by atoms with Gasteiger partial charge in [-0.1, -0.05) is 17.5 Å². The second-order valence-corrected chi connectivity index (χ2v) is 3.03. The molecule has 1 rings (SSSR count). The maximum absolute atomic E-state index is 11.4. The lowest BCUT2D eigenvalue weighted by molar-refractivity contribution is 0.0959. The van der Waals surface area contributed by atoms with Gasteiger partial charge in [-0.05, 0) is 18.2 Å². The highest BCUT2D eigenvalue weighted by molar-refractivity contribution is 6.33. The van der Waals surface area contributed by atoms with Crippen molar-refractivity contribution < 1.29 is 4.79 Å². The Bertz CT molecular complexity index is 396. The van der Waals surface area contributed by atoms with Gasteiger partial charge >= 0.3 is 0 Å². The minimum Gasteiger partial charge on any atom is -0.398 e. The normalized spacial score (nSPS) is 9.14. The van der Waals surface area contributed by atoms with E-state index in [1.54, 1.807) is 12.1 Å². The molecule has 0 bridgehead atoms. The average Bonchev–Trinajstić information content (AvgIpc) is 2.18. The lowest BCUT2D eigenvalue weighted by Crippen LogP contribution is -2.23. The topological polar surface area (TPSA) is 55.1 Å². The molecular formula is C10H9ClN2O. The summed E-state index contributed by atoms with van der Waals surface area (Å²) in [5, 5.41) is 2.88. The molecule has 0 saturated heterocycles. The van der Waals surface area contributed by atoms with Crippen LogP contribution in [0.25, 0.3) is 0 Å². The number of hydrogen-bond acceptors (Lipinski definition) is 2. The van der Waals surface area contributed by atoms with E-state index < -0.39 is 0 Å². The third kappa shape index (κ3) is 2.41. The lowest BCUT2D eigenvalue weighted by atomic mass is 10.2. The first-order valence-electron chi connectivity index (χ1n) is 3.92. The Balaban J connectivity index is 2.82. The Hall–Kier alpha value is -1.66. The molecule has 1 aromatic carbocycles. The van der Waals surface area contributed by atoms with Crippen LogP contribution in [-0.4, -0.2) is 12.5 Å². The molecule has 4 heteroatoms. The zero-order valence-electron chi connectivity index (χ0n) is 7.38. The lowest BCUT2D eigenvalue weighted by Gasteiger charge is -2.03. The number of anilines is 1. The summed E-state index contributed by atoms with van der Waals surface area (Å²) < 4.78 is 0. The van der Waals surface area contributed by atoms with E-state index in [0.29, 0.717) is 16.3 Å². The van der Waals surface area contributed by atoms with Crippen molar-refractivity contribution in [1.82, 2.24) is 5.32 Å². The van der Waals surface area contributed by atoms with E-state index in [2.05, 4.69) is 11.2 Å². The first-order chi connectivity index (χ1) is 6.65. The SMILES string of the molecule is C#CCNC(=O)c1ccc(N)c(Cl)c1. The number of nitrogen functional groups attached to an aromatic ring is 1. The van der Waals surface area contributed by atoms with E-state index in [4.69, 9.17) is 23.8 Å². The molecule has 1 amide bonds. The van der Waals surface area contributed by atoms with Crippen LogP contribution in [0.3, 0.4) is 0 Å². The van der Waals surface area contributed by atoms with Crippen molar-refractivity contribution in [2.75, 3.05) is 12.3 Å². The number of benzene rings is 1. The standard InChI is InChI=1S/C10H9ClN2O/c1-2-5-13-10(14)7-3-4-9(12)8(11)6-7/h1,3-4,6H,5,12H2,(H,13,14). The van der Waals surface area contributed by atoms with Gasteiger partial charge in [-0.25, -0.2) is 0 Å². The van der Waals surface area contributed by atoms with Crippen molar-refractivity contribution in [2.45, 2.75) is 0 Å². The predicted molar refractivity (Wildman–Crippen MR) is 57.0 cm³/mol. The molecule has 0 heterocycles. The van der Waals surface area contributed by atoms with Crippen LogP contribution in [0.2, 0.25) is 5.02 Å². The molecule has 3 N–H and O–H groups in total. The highest BCUT2D eigenvalue weighted by atomic mass is 35.5. The summed E-state index contributed by atoms with van der Waals surface area (Å²) in [6.45, 7) is 0.195. The Morgan fingerprint density at radius 1 is 1.64 bits per heavy atom. The summed E-state index contributed by atoms with van der Waals surface area (Å²) in [6.07, 6.45) is 5.00. The summed E-state index contributed by atoms with van der Waals surface area (Å²) in [6, 6.07) is 4.67. The van der Waals surface area contributed by atoms with Gasteiger partial charge in [0, 0.05) is 5.56 Å². The number of terminal acetylenes is 1. The molecule has 3 nitrogen and oxygen atoms in total. The minimum atomic E-state index is -0.259. The number of hydrogen-bond donors (Lipinski definition) is 2. The molecule has 0 saturated carbocycles. The first-order valence-corrected chi connectivity index (χ1v) is 4.29. The summed E-state index contributed by atoms with van der Waals surface area (Å²) in [5.41, 5.74) is 6.38. The van der Waals surface area contributed by atoms with Gasteiger partial charge in [0.2, 0.25) is 0 Å². The van der Waals surface area contributed by atoms with E-state index in [-0.39, 0.29) is 12.5 Å². The van der Waals surface area contributed by atoms with E-state index in [1.807, 2.05) is 0 Å². The van der Waals surface area contributed by atoms with Gasteiger partial charge in [-0.3, -0.25) is 4.79 Å². The quantitative estimate of drug-likeness (QED) is 0.568. The van der Waals surface area contributed by atoms with Crippen molar-refractivity contribution in [3.63, 3.8) is 0 Å². The second-order valence-electron chi connectivity index (χ2n) is 2.62. The molecule has 0 radical (unpaired) electrons. The zero-order valence-corrected chi connectivity index (χ0v) is 8.14. The molecule has 14 heavy (non-hydrogen) atoms. The number of halogens is 1. The van der Waals surface area contributed by atoms with Crippen LogP contribution in [0.5, 0.6) is 0 Å². The Kier molecular flexibility index (Phi) is 3.38. The number of amides is 1. The fraction of sp³-hybridized carbons (Fsp3) is 0.100. The predicted octanol–water partition coefficient (Wildman–Crippen LogP) is 1.29. The fourth-order valence-corrected chi connectivity index (χ4v) is 1.08. The summed E-state index contributed by atoms with van der Waals surface area (Å²) >= 11 is 5.75. The van der Waals surface area contributed by atoms with Crippen LogP contribution in [-0.2, 0) is 0 Å². The smallest absolute Gasteiger partial charge is 0.252 e. The van der Waals surface area contributed by atoms with Crippen molar-refractivity contribution in [3.05, 3.63) is 28.8 Å². The van der Waals surface area contributed by atoms with Crippen molar-refractivity contribution in [3.8, 4) is 12.3 Å². The Morgan fingerprint density at radius 2 is 2.36 bits per heavy atom. The molecule has 0 aliphatic rings. The van der Waals surface area contributed by atoms with E-state index >= 15 is 0 Å². The van der Waals surface area contributed by atoms with Gasteiger partial charge in [-0.2, -0.15) is 0 Å². The number of nitrogens with one attached hydrogen (secondary N) is 1. The van der Waals surface area contributed by atoms with Crippen LogP contribution < -0.4 is 11.1 Å². The van der Waals surface area contributed by atoms with Gasteiger partial charge in [0.1, 0.15) is 0 Å². The van der Waals surface area contributed by atoms with Crippen molar-refractivity contribution in [2.24, 2.45) is 0 Å². The zero-order chi connectivity index (χ0) is 10.6. The van der Waals surface area contributed by atoms with Crippen LogP contribution >= 0.6 is 11.6 Å². The fourth-order valence-electron chi connectivity index (χ4n) is 0.902. The number of nitrogens with two attached hydrogens (primary N) is 1. The minimum absolute atomic E-state index is 0.195. The molecular weight excluding hydrogens is 200 g/mol. The Labute approximate surface area is 87.2 Å². The third-order valence-corrected chi connectivity index (χ3v) is 1.94. The van der Waals surface area contributed by atoms with Crippen LogP contribution in [0.1, 0.15) is 10.4 Å². The van der Waals surface area contributed by atoms with Crippen LogP contribution in [0.4, 0.5) is 5.69 Å². The first kappa shape index (κ1) is 10.4. The highest BCUT2D eigenvalue weighted by Gasteiger charge is 2.05. The van der Waals surface area contributed by atoms with E-state index in [9.17, 15) is 4.79 Å². The van der Waals surface area contributed by atoms with Crippen molar-refractivity contribution in [1.29, 1.82) is 0 Å². The van der Waals surface area contributed by atoms with Crippen LogP contribution in [0.15, 0.2) is 18.2 Å². The number of carbonyl (C=O) groups is 1. The van der Waals surface area contributed by atoms with Gasteiger partial charge < -0.3 is 11.1 Å². The van der Waals surface area contributed by atoms with Gasteiger partial charge in [0.05, 0.1) is 17.3 Å². The molecule has 0 atom stereocenters. The number of carbonyl (C=O) groups excluding carboxylic acids is 1. The number of rotatable bonds is 2. The summed E-state index contributed by atoms with van der Waals surface area (Å²) in [7, 11) is 0. The average molecular weight is 209 g/mol. The largest absolute Gasteiger partial charge is 0.398 e. The summed E-state index contributed by atoms with van der Waals surface area (Å²) in [4.78, 5) is 11.4. The molecule has 72 valence electrons. The summed E-state index contributed by atoms with van der Waals surface area (Å²) in [5.74, 6) is 2.05. The second kappa shape index (κ2) is 4.54. The molecule has 0 unspecified atom stereocenters. The molecule has 0 fully saturated rings. The monoisotopic (exact) mass is 208 g/mol. The van der Waals surface area contributed by atoms with Gasteiger partial charge in [-0.15, -0.1) is 6.42 Å². The molecule has 0 aliphatic carbocycles. The van der Waals surface area contributed by atoms with Crippen molar-refractivity contribution >= 4 is 23.2 Å². The highest BCUT2D eigenvalue weighted by Crippen LogP contribution is 2.19. The Morgan fingerprint density at radius 3 is 2.93 bits per heavy atom. The molecule has 0 aliphatic heterocycles. The molecule has 0 spiro atoms. The third-order valence-electron chi connectivity index (χ3n) is 1.61. The van der Waals surface area contributed by atoms with Crippen LogP contribution in [0, 0.1) is 12.3 Å². The van der Waals surface area contributed by atoms with Gasteiger partial charge in [0.25, 0.3) is 5.91 Å². The maximum Gasteiger partial charge on any atom is 0.252 e. The van der Waals surface area contributed by atoms with Gasteiger partial charge in [0.15, 0.2) is 0 Å². The van der Waals surface area contributed by atoms with E-state index in [1.165, 1.54) is 6.07 Å². The molecule has 1 aromatic rings. The van der Waals surface area contributed by atoms with E-state index in [0.717, 1.165) is 0 Å². The molecule has 0 aromatic heterocycles.